The Kier molecular flexibility index (Phi) is 53.9. The van der Waals surface area contributed by atoms with Crippen LogP contribution in [0.2, 0.25) is 0 Å². The van der Waals surface area contributed by atoms with E-state index in [0.717, 1.165) is 126 Å². The molecule has 0 spiro atoms. The van der Waals surface area contributed by atoms with Crippen LogP contribution >= 0.6 is 15.6 Å². The first kappa shape index (κ1) is 82.1. The average molecular weight is 1240 g/mol. The van der Waals surface area contributed by atoms with E-state index in [0.29, 0.717) is 25.7 Å². The number of esters is 4. The Labute approximate surface area is 511 Å². The van der Waals surface area contributed by atoms with Gasteiger partial charge in [-0.25, -0.2) is 9.13 Å². The summed E-state index contributed by atoms with van der Waals surface area (Å²) >= 11 is 0. The van der Waals surface area contributed by atoms with Crippen molar-refractivity contribution in [2.75, 3.05) is 39.6 Å². The van der Waals surface area contributed by atoms with E-state index in [9.17, 15) is 43.2 Å². The summed E-state index contributed by atoms with van der Waals surface area (Å²) in [5.74, 6) is 0.806. The molecule has 0 aromatic rings. The second kappa shape index (κ2) is 55.2. The molecule has 0 amide bonds. The molecule has 0 aliphatic carbocycles. The molecule has 0 aliphatic rings. The lowest BCUT2D eigenvalue weighted by molar-refractivity contribution is -0.161. The van der Waals surface area contributed by atoms with Crippen LogP contribution in [0.15, 0.2) is 0 Å². The van der Waals surface area contributed by atoms with Crippen LogP contribution in [0.4, 0.5) is 0 Å². The van der Waals surface area contributed by atoms with E-state index in [1.165, 1.54) is 103 Å². The number of phosphoric acid groups is 2. The van der Waals surface area contributed by atoms with Crippen LogP contribution in [0.3, 0.4) is 0 Å². The third-order valence-electron chi connectivity index (χ3n) is 15.9. The zero-order valence-corrected chi connectivity index (χ0v) is 56.3. The maximum atomic E-state index is 13.0. The lowest BCUT2D eigenvalue weighted by atomic mass is 10.00. The number of ether oxygens (including phenoxy) is 4. The summed E-state index contributed by atoms with van der Waals surface area (Å²) in [7, 11) is -9.89. The van der Waals surface area contributed by atoms with Gasteiger partial charge in [0.25, 0.3) is 0 Å². The van der Waals surface area contributed by atoms with Gasteiger partial charge in [0.1, 0.15) is 19.3 Å². The van der Waals surface area contributed by atoms with Crippen LogP contribution in [0.1, 0.15) is 312 Å². The standard InChI is InChI=1S/C65H126O17P2/c1-9-56(6)42-34-26-19-22-29-37-45-62(67)75-51-60(81-64(69)47-39-31-18-16-14-12-13-15-17-25-33-41-55(4)5)53-79-83(71,72)77-49-59(66)50-78-84(73,74)80-54-61(82-65(70)48-40-32-24-21-28-36-44-58(8)11-3)52-76-63(68)46-38-30-23-20-27-35-43-57(7)10-2/h55-61,66H,9-54H2,1-8H3,(H,71,72)(H,73,74)/t56?,57?,58?,59-,60+,61+/m0/s1. The number of carbonyl (C=O) groups is 4. The van der Waals surface area contributed by atoms with E-state index in [-0.39, 0.29) is 25.7 Å². The maximum Gasteiger partial charge on any atom is 0.472 e. The van der Waals surface area contributed by atoms with Gasteiger partial charge < -0.3 is 33.8 Å². The van der Waals surface area contributed by atoms with Crippen molar-refractivity contribution < 1.29 is 80.2 Å². The van der Waals surface area contributed by atoms with Gasteiger partial charge >= 0.3 is 39.5 Å². The fraction of sp³-hybridized carbons (Fsp3) is 0.938. The van der Waals surface area contributed by atoms with Gasteiger partial charge in [0, 0.05) is 25.7 Å². The highest BCUT2D eigenvalue weighted by Crippen LogP contribution is 2.45. The Balaban J connectivity index is 5.26. The maximum absolute atomic E-state index is 13.0. The topological polar surface area (TPSA) is 237 Å². The van der Waals surface area contributed by atoms with Crippen molar-refractivity contribution in [2.24, 2.45) is 23.7 Å². The first-order valence-corrected chi connectivity index (χ1v) is 36.8. The van der Waals surface area contributed by atoms with E-state index in [1.54, 1.807) is 0 Å². The van der Waals surface area contributed by atoms with Crippen molar-refractivity contribution in [1.82, 2.24) is 0 Å². The zero-order chi connectivity index (χ0) is 62.5. The minimum Gasteiger partial charge on any atom is -0.462 e. The highest BCUT2D eigenvalue weighted by molar-refractivity contribution is 7.47. The lowest BCUT2D eigenvalue weighted by Crippen LogP contribution is -2.30. The number of rotatable bonds is 62. The molecule has 0 fully saturated rings. The zero-order valence-electron chi connectivity index (χ0n) is 54.5. The van der Waals surface area contributed by atoms with E-state index in [4.69, 9.17) is 37.0 Å². The van der Waals surface area contributed by atoms with Gasteiger partial charge in [-0.15, -0.1) is 0 Å². The van der Waals surface area contributed by atoms with E-state index >= 15 is 0 Å². The molecule has 84 heavy (non-hydrogen) atoms. The molecule has 0 bridgehead atoms. The molecule has 0 aromatic heterocycles. The van der Waals surface area contributed by atoms with Crippen LogP contribution in [0.5, 0.6) is 0 Å². The molecule has 3 N–H and O–H groups in total. The molecule has 19 heteroatoms. The number of unbranched alkanes of at least 4 members (excludes halogenated alkanes) is 25. The van der Waals surface area contributed by atoms with E-state index in [1.807, 2.05) is 0 Å². The van der Waals surface area contributed by atoms with Gasteiger partial charge in [0.2, 0.25) is 0 Å². The minimum absolute atomic E-state index is 0.101. The fourth-order valence-electron chi connectivity index (χ4n) is 9.51. The van der Waals surface area contributed by atoms with Gasteiger partial charge in [-0.05, 0) is 49.4 Å². The van der Waals surface area contributed by atoms with Crippen molar-refractivity contribution in [1.29, 1.82) is 0 Å². The van der Waals surface area contributed by atoms with Gasteiger partial charge in [0.05, 0.1) is 26.4 Å². The Morgan fingerprint density at radius 2 is 0.571 bits per heavy atom. The van der Waals surface area contributed by atoms with Crippen LogP contribution in [-0.4, -0.2) is 96.7 Å². The molecule has 0 aliphatic heterocycles. The monoisotopic (exact) mass is 1240 g/mol. The molecule has 17 nitrogen and oxygen atoms in total. The van der Waals surface area contributed by atoms with Crippen molar-refractivity contribution in [2.45, 2.75) is 331 Å². The predicted molar refractivity (Wildman–Crippen MR) is 335 cm³/mol. The van der Waals surface area contributed by atoms with Crippen LogP contribution in [-0.2, 0) is 65.4 Å². The van der Waals surface area contributed by atoms with E-state index < -0.39 is 97.5 Å². The molecule has 498 valence electrons. The number of hydrogen-bond acceptors (Lipinski definition) is 15. The number of carbonyl (C=O) groups excluding carboxylic acids is 4. The molecule has 0 saturated heterocycles. The third-order valence-corrected chi connectivity index (χ3v) is 17.8. The van der Waals surface area contributed by atoms with Gasteiger partial charge in [-0.1, -0.05) is 261 Å². The Morgan fingerprint density at radius 3 is 0.845 bits per heavy atom. The van der Waals surface area contributed by atoms with Gasteiger partial charge in [-0.2, -0.15) is 0 Å². The minimum atomic E-state index is -4.95. The normalized spacial score (nSPS) is 15.4. The van der Waals surface area contributed by atoms with Crippen molar-refractivity contribution >= 4 is 39.5 Å². The summed E-state index contributed by atoms with van der Waals surface area (Å²) in [5, 5.41) is 10.5. The SMILES string of the molecule is CCC(C)CCCCCCCCC(=O)OC[C@H](COP(=O)(O)OC[C@H](O)COP(=O)(O)OC[C@@H](COC(=O)CCCCCCCCC(C)CC)OC(=O)CCCCCCCCC(C)CC)OC(=O)CCCCCCCCCCCCCC(C)C. The predicted octanol–water partition coefficient (Wildman–Crippen LogP) is 17.8. The Morgan fingerprint density at radius 1 is 0.333 bits per heavy atom. The van der Waals surface area contributed by atoms with Crippen molar-refractivity contribution in [3.63, 3.8) is 0 Å². The second-order valence-corrected chi connectivity index (χ2v) is 27.6. The number of aliphatic hydroxyl groups excluding tert-OH is 1. The first-order valence-electron chi connectivity index (χ1n) is 33.8. The average Bonchev–Trinajstić information content (AvgIpc) is 3.46. The molecule has 0 aromatic carbocycles. The van der Waals surface area contributed by atoms with Crippen LogP contribution in [0, 0.1) is 23.7 Å². The summed E-state index contributed by atoms with van der Waals surface area (Å²) in [6.07, 6.45) is 34.9. The van der Waals surface area contributed by atoms with Crippen LogP contribution in [0.25, 0.3) is 0 Å². The van der Waals surface area contributed by atoms with Crippen LogP contribution < -0.4 is 0 Å². The smallest absolute Gasteiger partial charge is 0.462 e. The van der Waals surface area contributed by atoms with E-state index in [2.05, 4.69) is 55.4 Å². The number of phosphoric ester groups is 2. The highest BCUT2D eigenvalue weighted by Gasteiger charge is 2.30. The molecule has 0 saturated carbocycles. The summed E-state index contributed by atoms with van der Waals surface area (Å²) in [4.78, 5) is 72.3. The third kappa shape index (κ3) is 55.4. The van der Waals surface area contributed by atoms with Crippen molar-refractivity contribution in [3.05, 3.63) is 0 Å². The quantitative estimate of drug-likeness (QED) is 0.0222. The number of aliphatic hydroxyl groups is 1. The summed E-state index contributed by atoms with van der Waals surface area (Å²) < 4.78 is 68.0. The van der Waals surface area contributed by atoms with Crippen molar-refractivity contribution in [3.8, 4) is 0 Å². The highest BCUT2D eigenvalue weighted by atomic mass is 31.2. The first-order chi connectivity index (χ1) is 40.2. The molecule has 0 heterocycles. The fourth-order valence-corrected chi connectivity index (χ4v) is 11.1. The Bertz CT molecular complexity index is 1680. The largest absolute Gasteiger partial charge is 0.472 e. The van der Waals surface area contributed by atoms with Gasteiger partial charge in [-0.3, -0.25) is 37.3 Å². The molecule has 8 atom stereocenters. The molecule has 0 radical (unpaired) electrons. The molecule has 5 unspecified atom stereocenters. The molecular weight excluding hydrogens is 1110 g/mol. The lowest BCUT2D eigenvalue weighted by Gasteiger charge is -2.21. The van der Waals surface area contributed by atoms with Gasteiger partial charge in [0.15, 0.2) is 12.2 Å². The summed E-state index contributed by atoms with van der Waals surface area (Å²) in [5.41, 5.74) is 0. The summed E-state index contributed by atoms with van der Waals surface area (Å²) in [6.45, 7) is 14.0. The summed E-state index contributed by atoms with van der Waals surface area (Å²) in [6, 6.07) is 0. The Hall–Kier alpha value is -1.94. The molecule has 0 rings (SSSR count). The number of hydrogen-bond donors (Lipinski definition) is 3. The molecular formula is C65H126O17P2. The second-order valence-electron chi connectivity index (χ2n) is 24.7.